The molecule has 0 aliphatic heterocycles. The van der Waals surface area contributed by atoms with Crippen molar-refractivity contribution in [2.45, 2.75) is 44.1 Å². The molecule has 2 N–H and O–H groups in total. The van der Waals surface area contributed by atoms with E-state index in [9.17, 15) is 8.78 Å². The fourth-order valence-corrected chi connectivity index (χ4v) is 1.87. The van der Waals surface area contributed by atoms with E-state index in [4.69, 9.17) is 10.2 Å². The zero-order chi connectivity index (χ0) is 10.8. The van der Waals surface area contributed by atoms with Gasteiger partial charge < -0.3 is 10.2 Å². The Kier molecular flexibility index (Phi) is 4.61. The largest absolute Gasteiger partial charge is 0.419 e. The highest BCUT2D eigenvalue weighted by Gasteiger charge is 2.26. The van der Waals surface area contributed by atoms with Crippen molar-refractivity contribution in [3.05, 3.63) is 11.8 Å². The number of nitrogens with two attached hydrogens (primary N) is 1. The summed E-state index contributed by atoms with van der Waals surface area (Å²) >= 11 is 0. The van der Waals surface area contributed by atoms with E-state index < -0.39 is 12.3 Å². The van der Waals surface area contributed by atoms with Crippen LogP contribution in [0.15, 0.2) is 4.42 Å². The normalized spacial score (nSPS) is 25.5. The van der Waals surface area contributed by atoms with Gasteiger partial charge in [-0.2, -0.15) is 8.78 Å². The summed E-state index contributed by atoms with van der Waals surface area (Å²) in [4.78, 5) is 0. The second-order valence-electron chi connectivity index (χ2n) is 3.89. The van der Waals surface area contributed by atoms with Crippen molar-refractivity contribution in [1.29, 1.82) is 0 Å². The summed E-state index contributed by atoms with van der Waals surface area (Å²) in [5.41, 5.74) is 5.74. The van der Waals surface area contributed by atoms with Crippen LogP contribution in [0.2, 0.25) is 0 Å². The van der Waals surface area contributed by atoms with Gasteiger partial charge in [-0.15, -0.1) is 22.6 Å². The van der Waals surface area contributed by atoms with Crippen molar-refractivity contribution in [1.82, 2.24) is 10.2 Å². The minimum atomic E-state index is -2.68. The first-order chi connectivity index (χ1) is 7.16. The predicted octanol–water partition coefficient (Wildman–Crippen LogP) is 2.41. The Hall–Kier alpha value is -0.750. The molecule has 7 heteroatoms. The smallest absolute Gasteiger partial charge is 0.314 e. The molecule has 1 heterocycles. The zero-order valence-electron chi connectivity index (χ0n) is 8.60. The third kappa shape index (κ3) is 2.89. The number of hydrogen-bond donors (Lipinski definition) is 1. The van der Waals surface area contributed by atoms with E-state index in [2.05, 4.69) is 10.2 Å². The van der Waals surface area contributed by atoms with E-state index in [1.807, 2.05) is 0 Å². The second kappa shape index (κ2) is 5.54. The van der Waals surface area contributed by atoms with E-state index in [-0.39, 0.29) is 24.4 Å². The van der Waals surface area contributed by atoms with Crippen LogP contribution in [0.3, 0.4) is 0 Å². The van der Waals surface area contributed by atoms with E-state index in [1.54, 1.807) is 0 Å². The summed E-state index contributed by atoms with van der Waals surface area (Å²) < 4.78 is 29.3. The standard InChI is InChI=1S/C9H13F2N3O.ClH/c10-7(11)9-14-13-8(15-9)5-1-3-6(12)4-2-5;/h5-7H,1-4,12H2;1H. The molecule has 1 aliphatic rings. The van der Waals surface area contributed by atoms with Gasteiger partial charge in [-0.25, -0.2) is 0 Å². The number of rotatable bonds is 2. The van der Waals surface area contributed by atoms with Gasteiger partial charge in [-0.1, -0.05) is 0 Å². The van der Waals surface area contributed by atoms with Gasteiger partial charge in [0.25, 0.3) is 5.89 Å². The minimum absolute atomic E-state index is 0. The molecule has 0 radical (unpaired) electrons. The molecule has 1 saturated carbocycles. The van der Waals surface area contributed by atoms with Crippen molar-refractivity contribution in [2.24, 2.45) is 5.73 Å². The lowest BCUT2D eigenvalue weighted by atomic mass is 9.86. The molecule has 2 rings (SSSR count). The fraction of sp³-hybridized carbons (Fsp3) is 0.778. The maximum absolute atomic E-state index is 12.2. The molecule has 92 valence electrons. The lowest BCUT2D eigenvalue weighted by molar-refractivity contribution is 0.112. The van der Waals surface area contributed by atoms with Crippen molar-refractivity contribution in [2.75, 3.05) is 0 Å². The lowest BCUT2D eigenvalue weighted by Gasteiger charge is -2.23. The Balaban J connectivity index is 0.00000128. The molecule has 1 aromatic rings. The molecule has 0 unspecified atom stereocenters. The highest BCUT2D eigenvalue weighted by Crippen LogP contribution is 2.32. The summed E-state index contributed by atoms with van der Waals surface area (Å²) in [6, 6.07) is 0.221. The third-order valence-corrected chi connectivity index (χ3v) is 2.76. The first-order valence-electron chi connectivity index (χ1n) is 5.04. The molecular weight excluding hydrogens is 240 g/mol. The maximum Gasteiger partial charge on any atom is 0.314 e. The molecule has 1 fully saturated rings. The quantitative estimate of drug-likeness (QED) is 0.879. The Morgan fingerprint density at radius 1 is 1.19 bits per heavy atom. The third-order valence-electron chi connectivity index (χ3n) is 2.76. The molecule has 0 amide bonds. The first-order valence-corrected chi connectivity index (χ1v) is 5.04. The summed E-state index contributed by atoms with van der Waals surface area (Å²) in [6.45, 7) is 0. The van der Waals surface area contributed by atoms with E-state index in [0.29, 0.717) is 5.89 Å². The van der Waals surface area contributed by atoms with Gasteiger partial charge in [-0.3, -0.25) is 0 Å². The highest BCUT2D eigenvalue weighted by molar-refractivity contribution is 5.85. The van der Waals surface area contributed by atoms with Gasteiger partial charge in [0.15, 0.2) is 0 Å². The molecule has 0 spiro atoms. The van der Waals surface area contributed by atoms with Gasteiger partial charge in [0.1, 0.15) is 0 Å². The van der Waals surface area contributed by atoms with Gasteiger partial charge in [0.2, 0.25) is 5.89 Å². The van der Waals surface area contributed by atoms with Crippen LogP contribution < -0.4 is 5.73 Å². The van der Waals surface area contributed by atoms with Crippen LogP contribution in [0.1, 0.15) is 49.8 Å². The molecule has 0 saturated heterocycles. The minimum Gasteiger partial charge on any atom is -0.419 e. The number of halogens is 3. The van der Waals surface area contributed by atoms with Gasteiger partial charge in [0.05, 0.1) is 0 Å². The summed E-state index contributed by atoms with van der Waals surface area (Å²) in [7, 11) is 0. The van der Waals surface area contributed by atoms with Crippen LogP contribution in [0.25, 0.3) is 0 Å². The molecule has 0 atom stereocenters. The molecule has 1 aromatic heterocycles. The summed E-state index contributed by atoms with van der Waals surface area (Å²) in [6.07, 6.45) is 0.767. The lowest BCUT2D eigenvalue weighted by Crippen LogP contribution is -2.25. The number of nitrogens with zero attached hydrogens (tertiary/aromatic N) is 2. The molecule has 0 bridgehead atoms. The van der Waals surface area contributed by atoms with Crippen LogP contribution in [0.5, 0.6) is 0 Å². The Bertz CT molecular complexity index is 326. The van der Waals surface area contributed by atoms with Gasteiger partial charge in [-0.05, 0) is 25.7 Å². The molecule has 16 heavy (non-hydrogen) atoms. The topological polar surface area (TPSA) is 64.9 Å². The van der Waals surface area contributed by atoms with Crippen LogP contribution >= 0.6 is 12.4 Å². The van der Waals surface area contributed by atoms with Crippen LogP contribution in [-0.4, -0.2) is 16.2 Å². The van der Waals surface area contributed by atoms with Crippen molar-refractivity contribution >= 4 is 12.4 Å². The van der Waals surface area contributed by atoms with Crippen LogP contribution in [0, 0.1) is 0 Å². The number of hydrogen-bond acceptors (Lipinski definition) is 4. The van der Waals surface area contributed by atoms with Crippen molar-refractivity contribution < 1.29 is 13.2 Å². The Labute approximate surface area is 98.0 Å². The number of aromatic nitrogens is 2. The van der Waals surface area contributed by atoms with Gasteiger partial charge in [0, 0.05) is 12.0 Å². The molecule has 1 aliphatic carbocycles. The maximum atomic E-state index is 12.2. The van der Waals surface area contributed by atoms with Crippen molar-refractivity contribution in [3.8, 4) is 0 Å². The van der Waals surface area contributed by atoms with E-state index in [0.717, 1.165) is 25.7 Å². The van der Waals surface area contributed by atoms with Gasteiger partial charge >= 0.3 is 6.43 Å². The van der Waals surface area contributed by atoms with Crippen LogP contribution in [-0.2, 0) is 0 Å². The molecule has 4 nitrogen and oxygen atoms in total. The molecule has 0 aromatic carbocycles. The first kappa shape index (κ1) is 13.3. The van der Waals surface area contributed by atoms with E-state index in [1.165, 1.54) is 0 Å². The fourth-order valence-electron chi connectivity index (χ4n) is 1.87. The predicted molar refractivity (Wildman–Crippen MR) is 55.7 cm³/mol. The summed E-state index contributed by atoms with van der Waals surface area (Å²) in [5.74, 6) is -0.151. The zero-order valence-corrected chi connectivity index (χ0v) is 9.42. The average Bonchev–Trinajstić information content (AvgIpc) is 2.68. The summed E-state index contributed by atoms with van der Waals surface area (Å²) in [5, 5.41) is 6.96. The van der Waals surface area contributed by atoms with Crippen LogP contribution in [0.4, 0.5) is 8.78 Å². The Morgan fingerprint density at radius 3 is 2.31 bits per heavy atom. The SMILES string of the molecule is Cl.NC1CCC(c2nnc(C(F)F)o2)CC1. The van der Waals surface area contributed by atoms with Crippen molar-refractivity contribution in [3.63, 3.8) is 0 Å². The molecular formula is C9H14ClF2N3O. The second-order valence-corrected chi connectivity index (χ2v) is 3.89. The monoisotopic (exact) mass is 253 g/mol. The highest BCUT2D eigenvalue weighted by atomic mass is 35.5. The number of alkyl halides is 2. The average molecular weight is 254 g/mol. The van der Waals surface area contributed by atoms with E-state index >= 15 is 0 Å². The Morgan fingerprint density at radius 2 is 1.81 bits per heavy atom.